The third kappa shape index (κ3) is 5.09. The topological polar surface area (TPSA) is 92.3 Å². The number of nitrogens with zero attached hydrogens (tertiary/aromatic N) is 3. The molecular formula is C18H18N4O3S3. The van der Waals surface area contributed by atoms with Crippen LogP contribution in [0.2, 0.25) is 0 Å². The lowest BCUT2D eigenvalue weighted by Crippen LogP contribution is -2.37. The first kappa shape index (κ1) is 20.3. The lowest BCUT2D eigenvalue weighted by molar-refractivity contribution is -0.114. The average Bonchev–Trinajstić information content (AvgIpc) is 3.14. The van der Waals surface area contributed by atoms with Crippen molar-refractivity contribution in [1.82, 2.24) is 10.2 Å². The molecule has 0 fully saturated rings. The van der Waals surface area contributed by atoms with Crippen molar-refractivity contribution >= 4 is 49.8 Å². The minimum atomic E-state index is -3.64. The SMILES string of the molecule is CSc1cccc(N(CC(=O)Nc2nnc(-c3ccccc3)s2)S(C)(=O)=O)c1. The molecule has 0 saturated carbocycles. The van der Waals surface area contributed by atoms with Gasteiger partial charge in [0.1, 0.15) is 11.6 Å². The molecule has 1 aromatic heterocycles. The van der Waals surface area contributed by atoms with Gasteiger partial charge in [0, 0.05) is 10.5 Å². The van der Waals surface area contributed by atoms with E-state index in [2.05, 4.69) is 15.5 Å². The Bertz CT molecular complexity index is 1070. The smallest absolute Gasteiger partial charge is 0.246 e. The Labute approximate surface area is 171 Å². The molecule has 0 spiro atoms. The van der Waals surface area contributed by atoms with Gasteiger partial charge in [0.05, 0.1) is 11.9 Å². The van der Waals surface area contributed by atoms with Crippen LogP contribution in [0.1, 0.15) is 0 Å². The van der Waals surface area contributed by atoms with Crippen molar-refractivity contribution in [3.8, 4) is 10.6 Å². The van der Waals surface area contributed by atoms with E-state index in [1.165, 1.54) is 23.1 Å². The molecule has 146 valence electrons. The molecule has 2 aromatic carbocycles. The number of hydrogen-bond acceptors (Lipinski definition) is 7. The highest BCUT2D eigenvalue weighted by Crippen LogP contribution is 2.27. The Morgan fingerprint density at radius 3 is 2.57 bits per heavy atom. The Morgan fingerprint density at radius 1 is 1.14 bits per heavy atom. The minimum absolute atomic E-state index is 0.315. The van der Waals surface area contributed by atoms with Crippen molar-refractivity contribution in [1.29, 1.82) is 0 Å². The van der Waals surface area contributed by atoms with Crippen LogP contribution in [0.3, 0.4) is 0 Å². The molecule has 28 heavy (non-hydrogen) atoms. The Hall–Kier alpha value is -2.43. The van der Waals surface area contributed by atoms with Gasteiger partial charge in [-0.05, 0) is 24.5 Å². The molecule has 3 rings (SSSR count). The van der Waals surface area contributed by atoms with Crippen LogP contribution in [-0.4, -0.2) is 43.6 Å². The molecule has 1 N–H and O–H groups in total. The number of aromatic nitrogens is 2. The average molecular weight is 435 g/mol. The fourth-order valence-corrected chi connectivity index (χ4v) is 4.49. The van der Waals surface area contributed by atoms with Gasteiger partial charge in [0.25, 0.3) is 0 Å². The first-order valence-electron chi connectivity index (χ1n) is 8.17. The second-order valence-corrected chi connectivity index (χ2v) is 9.56. The normalized spacial score (nSPS) is 11.2. The minimum Gasteiger partial charge on any atom is -0.299 e. The summed E-state index contributed by atoms with van der Waals surface area (Å²) in [5.74, 6) is -0.490. The van der Waals surface area contributed by atoms with Crippen molar-refractivity contribution in [3.05, 3.63) is 54.6 Å². The van der Waals surface area contributed by atoms with E-state index in [1.807, 2.05) is 42.7 Å². The summed E-state index contributed by atoms with van der Waals surface area (Å²) in [6, 6.07) is 16.5. The number of rotatable bonds is 7. The van der Waals surface area contributed by atoms with Crippen LogP contribution < -0.4 is 9.62 Å². The lowest BCUT2D eigenvalue weighted by atomic mass is 10.2. The highest BCUT2D eigenvalue weighted by atomic mass is 32.2. The van der Waals surface area contributed by atoms with Gasteiger partial charge >= 0.3 is 0 Å². The van der Waals surface area contributed by atoms with E-state index in [0.717, 1.165) is 21.0 Å². The van der Waals surface area contributed by atoms with Crippen LogP contribution in [0.25, 0.3) is 10.6 Å². The van der Waals surface area contributed by atoms with E-state index >= 15 is 0 Å². The predicted octanol–water partition coefficient (Wildman–Crippen LogP) is 3.33. The molecule has 0 bridgehead atoms. The van der Waals surface area contributed by atoms with Crippen LogP contribution in [0.15, 0.2) is 59.5 Å². The van der Waals surface area contributed by atoms with Gasteiger partial charge in [-0.3, -0.25) is 14.4 Å². The summed E-state index contributed by atoms with van der Waals surface area (Å²) < 4.78 is 25.5. The van der Waals surface area contributed by atoms with Gasteiger partial charge in [0.2, 0.25) is 21.1 Å². The van der Waals surface area contributed by atoms with Crippen molar-refractivity contribution in [2.24, 2.45) is 0 Å². The molecule has 0 aliphatic rings. The number of carbonyl (C=O) groups is 1. The number of carbonyl (C=O) groups excluding carboxylic acids is 1. The third-order valence-corrected chi connectivity index (χ3v) is 6.47. The molecular weight excluding hydrogens is 416 g/mol. The number of anilines is 2. The Kier molecular flexibility index (Phi) is 6.32. The molecule has 7 nitrogen and oxygen atoms in total. The highest BCUT2D eigenvalue weighted by Gasteiger charge is 2.22. The van der Waals surface area contributed by atoms with Crippen molar-refractivity contribution < 1.29 is 13.2 Å². The van der Waals surface area contributed by atoms with Gasteiger partial charge in [-0.15, -0.1) is 22.0 Å². The molecule has 0 atom stereocenters. The molecule has 0 aliphatic heterocycles. The Morgan fingerprint density at radius 2 is 1.89 bits per heavy atom. The van der Waals surface area contributed by atoms with E-state index in [1.54, 1.807) is 18.2 Å². The van der Waals surface area contributed by atoms with Crippen LogP contribution in [0.5, 0.6) is 0 Å². The monoisotopic (exact) mass is 434 g/mol. The van der Waals surface area contributed by atoms with E-state index in [9.17, 15) is 13.2 Å². The quantitative estimate of drug-likeness (QED) is 0.574. The standard InChI is InChI=1S/C18H18N4O3S3/c1-26-15-10-6-9-14(11-15)22(28(2,24)25)12-16(23)19-18-21-20-17(27-18)13-7-4-3-5-8-13/h3-11H,12H2,1-2H3,(H,19,21,23). The molecule has 0 saturated heterocycles. The number of thioether (sulfide) groups is 1. The van der Waals surface area contributed by atoms with Gasteiger partial charge in [0.15, 0.2) is 0 Å². The maximum atomic E-state index is 12.5. The first-order valence-corrected chi connectivity index (χ1v) is 12.1. The van der Waals surface area contributed by atoms with E-state index in [0.29, 0.717) is 15.8 Å². The maximum absolute atomic E-state index is 12.5. The zero-order valence-electron chi connectivity index (χ0n) is 15.2. The van der Waals surface area contributed by atoms with Gasteiger partial charge < -0.3 is 0 Å². The van der Waals surface area contributed by atoms with Crippen LogP contribution >= 0.6 is 23.1 Å². The molecule has 1 amide bonds. The summed E-state index contributed by atoms with van der Waals surface area (Å²) in [4.78, 5) is 13.4. The van der Waals surface area contributed by atoms with Gasteiger partial charge in [-0.25, -0.2) is 8.42 Å². The third-order valence-electron chi connectivity index (χ3n) is 3.72. The number of sulfonamides is 1. The van der Waals surface area contributed by atoms with Crippen LogP contribution in [0.4, 0.5) is 10.8 Å². The summed E-state index contributed by atoms with van der Waals surface area (Å²) in [5.41, 5.74) is 1.33. The van der Waals surface area contributed by atoms with Crippen LogP contribution in [0, 0.1) is 0 Å². The van der Waals surface area contributed by atoms with E-state index in [-0.39, 0.29) is 6.54 Å². The molecule has 10 heteroatoms. The highest BCUT2D eigenvalue weighted by molar-refractivity contribution is 7.98. The number of benzene rings is 2. The summed E-state index contributed by atoms with van der Waals surface area (Å²) >= 11 is 2.72. The van der Waals surface area contributed by atoms with E-state index < -0.39 is 15.9 Å². The molecule has 0 radical (unpaired) electrons. The van der Waals surface area contributed by atoms with E-state index in [4.69, 9.17) is 0 Å². The Balaban J connectivity index is 1.75. The van der Waals surface area contributed by atoms with Crippen molar-refractivity contribution in [2.75, 3.05) is 28.7 Å². The second kappa shape index (κ2) is 8.72. The second-order valence-electron chi connectivity index (χ2n) is 5.80. The number of hydrogen-bond donors (Lipinski definition) is 1. The summed E-state index contributed by atoms with van der Waals surface area (Å²) in [6.45, 7) is -0.350. The first-order chi connectivity index (χ1) is 13.4. The predicted molar refractivity (Wildman–Crippen MR) is 114 cm³/mol. The zero-order valence-corrected chi connectivity index (χ0v) is 17.6. The van der Waals surface area contributed by atoms with Crippen molar-refractivity contribution in [2.45, 2.75) is 4.90 Å². The molecule has 3 aromatic rings. The summed E-state index contributed by atoms with van der Waals surface area (Å²) in [7, 11) is -3.64. The number of nitrogens with one attached hydrogen (secondary N) is 1. The lowest BCUT2D eigenvalue weighted by Gasteiger charge is -2.22. The van der Waals surface area contributed by atoms with Crippen LogP contribution in [-0.2, 0) is 14.8 Å². The zero-order chi connectivity index (χ0) is 20.1. The largest absolute Gasteiger partial charge is 0.299 e. The maximum Gasteiger partial charge on any atom is 0.246 e. The number of amides is 1. The molecule has 1 heterocycles. The fourth-order valence-electron chi connectivity index (χ4n) is 2.43. The molecule has 0 aliphatic carbocycles. The van der Waals surface area contributed by atoms with Gasteiger partial charge in [-0.2, -0.15) is 0 Å². The van der Waals surface area contributed by atoms with Gasteiger partial charge in [-0.1, -0.05) is 47.7 Å². The summed E-state index contributed by atoms with van der Waals surface area (Å²) in [5, 5.41) is 11.6. The summed E-state index contributed by atoms with van der Waals surface area (Å²) in [6.07, 6.45) is 2.97. The molecule has 0 unspecified atom stereocenters. The van der Waals surface area contributed by atoms with Crippen molar-refractivity contribution in [3.63, 3.8) is 0 Å². The fraction of sp³-hybridized carbons (Fsp3) is 0.167.